The Bertz CT molecular complexity index is 1740. The molecule has 0 amide bonds. The maximum Gasteiger partial charge on any atom is 0.0454 e. The summed E-state index contributed by atoms with van der Waals surface area (Å²) >= 11 is 6.85. The first-order valence-corrected chi connectivity index (χ1v) is 17.5. The molecule has 2 nitrogen and oxygen atoms in total. The maximum atomic E-state index is 6.85. The Balaban J connectivity index is 1.17. The first-order valence-electron chi connectivity index (χ1n) is 17.2. The van der Waals surface area contributed by atoms with E-state index in [2.05, 4.69) is 129 Å². The number of hydrogen-bond acceptors (Lipinski definition) is 2. The molecule has 0 radical (unpaired) electrons. The average molecular weight is 627 g/mol. The molecule has 3 heteroatoms. The highest BCUT2D eigenvalue weighted by molar-refractivity contribution is 6.31. The lowest BCUT2D eigenvalue weighted by Gasteiger charge is -2.36. The minimum atomic E-state index is 0.421. The maximum absolute atomic E-state index is 6.85. The van der Waals surface area contributed by atoms with Gasteiger partial charge < -0.3 is 0 Å². The average Bonchev–Trinajstić information content (AvgIpc) is 3.08. The highest BCUT2D eigenvalue weighted by atomic mass is 35.5. The molecule has 5 aromatic rings. The van der Waals surface area contributed by atoms with Crippen LogP contribution in [0.15, 0.2) is 103 Å². The predicted octanol–water partition coefficient (Wildman–Crippen LogP) is 10.5. The quantitative estimate of drug-likeness (QED) is 0.137. The van der Waals surface area contributed by atoms with Gasteiger partial charge in [0.2, 0.25) is 0 Å². The molecule has 1 unspecified atom stereocenters. The number of nitrogens with zero attached hydrogens (tertiary/aromatic N) is 2. The van der Waals surface area contributed by atoms with Crippen LogP contribution in [-0.2, 0) is 38.5 Å². The van der Waals surface area contributed by atoms with Gasteiger partial charge in [0.1, 0.15) is 0 Å². The van der Waals surface area contributed by atoms with E-state index in [1.165, 1.54) is 68.6 Å². The van der Waals surface area contributed by atoms with Gasteiger partial charge >= 0.3 is 0 Å². The molecule has 0 bridgehead atoms. The van der Waals surface area contributed by atoms with Gasteiger partial charge in [-0.2, -0.15) is 0 Å². The number of rotatable bonds is 12. The SMILES string of the molecule is CCc1ccc(CCN(CCc2ccccc2CCc2ccc(-c3ccc(C)cc3)cc2Cl)C2CCCc3nc(C)ccc32)cc1. The zero-order valence-electron chi connectivity index (χ0n) is 27.7. The largest absolute Gasteiger partial charge is 0.296 e. The molecule has 4 aromatic carbocycles. The van der Waals surface area contributed by atoms with Crippen LogP contribution in [0.25, 0.3) is 11.1 Å². The molecular weight excluding hydrogens is 580 g/mol. The van der Waals surface area contributed by atoms with E-state index in [0.29, 0.717) is 6.04 Å². The van der Waals surface area contributed by atoms with Crippen molar-refractivity contribution in [2.45, 2.75) is 78.2 Å². The number of benzene rings is 4. The van der Waals surface area contributed by atoms with E-state index in [9.17, 15) is 0 Å². The predicted molar refractivity (Wildman–Crippen MR) is 195 cm³/mol. The highest BCUT2D eigenvalue weighted by Gasteiger charge is 2.27. The van der Waals surface area contributed by atoms with E-state index < -0.39 is 0 Å². The first kappa shape index (κ1) is 32.2. The first-order chi connectivity index (χ1) is 22.5. The fourth-order valence-electron chi connectivity index (χ4n) is 7.01. The van der Waals surface area contributed by atoms with Gasteiger partial charge in [-0.05, 0) is 122 Å². The second-order valence-corrected chi connectivity index (χ2v) is 13.5. The van der Waals surface area contributed by atoms with E-state index >= 15 is 0 Å². The van der Waals surface area contributed by atoms with E-state index in [4.69, 9.17) is 16.6 Å². The summed E-state index contributed by atoms with van der Waals surface area (Å²) in [6.45, 7) is 8.54. The Kier molecular flexibility index (Phi) is 10.7. The van der Waals surface area contributed by atoms with Crippen LogP contribution in [0.5, 0.6) is 0 Å². The third-order valence-corrected chi connectivity index (χ3v) is 10.2. The van der Waals surface area contributed by atoms with E-state index in [1.807, 2.05) is 0 Å². The van der Waals surface area contributed by atoms with E-state index in [-0.39, 0.29) is 0 Å². The molecule has 6 rings (SSSR count). The molecule has 0 aliphatic heterocycles. The van der Waals surface area contributed by atoms with Crippen molar-refractivity contribution < 1.29 is 0 Å². The summed E-state index contributed by atoms with van der Waals surface area (Å²) in [5.74, 6) is 0. The van der Waals surface area contributed by atoms with Crippen molar-refractivity contribution in [3.05, 3.63) is 158 Å². The van der Waals surface area contributed by atoms with Crippen LogP contribution in [0, 0.1) is 13.8 Å². The molecule has 236 valence electrons. The van der Waals surface area contributed by atoms with E-state index in [0.717, 1.165) is 62.3 Å². The van der Waals surface area contributed by atoms with Crippen LogP contribution in [0.4, 0.5) is 0 Å². The summed E-state index contributed by atoms with van der Waals surface area (Å²) in [5, 5.41) is 0.855. The molecule has 0 N–H and O–H groups in total. The zero-order valence-corrected chi connectivity index (χ0v) is 28.5. The fraction of sp³-hybridized carbons (Fsp3) is 0.326. The second-order valence-electron chi connectivity index (χ2n) is 13.0. The smallest absolute Gasteiger partial charge is 0.0454 e. The number of aromatic nitrogens is 1. The van der Waals surface area contributed by atoms with Crippen molar-refractivity contribution in [2.75, 3.05) is 13.1 Å². The lowest BCUT2D eigenvalue weighted by molar-refractivity contribution is 0.181. The van der Waals surface area contributed by atoms with Crippen molar-refractivity contribution in [3.63, 3.8) is 0 Å². The third-order valence-electron chi connectivity index (χ3n) is 9.85. The van der Waals surface area contributed by atoms with Crippen LogP contribution < -0.4 is 0 Å². The lowest BCUT2D eigenvalue weighted by Crippen LogP contribution is -2.35. The minimum Gasteiger partial charge on any atom is -0.296 e. The molecule has 0 saturated heterocycles. The molecular formula is C43H47ClN2. The van der Waals surface area contributed by atoms with Crippen molar-refractivity contribution in [1.29, 1.82) is 0 Å². The van der Waals surface area contributed by atoms with Gasteiger partial charge in [-0.15, -0.1) is 0 Å². The van der Waals surface area contributed by atoms with Gasteiger partial charge in [0, 0.05) is 35.5 Å². The Morgan fingerprint density at radius 2 is 1.37 bits per heavy atom. The van der Waals surface area contributed by atoms with Gasteiger partial charge in [0.25, 0.3) is 0 Å². The molecule has 0 saturated carbocycles. The van der Waals surface area contributed by atoms with Gasteiger partial charge in [-0.1, -0.05) is 115 Å². The van der Waals surface area contributed by atoms with Gasteiger partial charge in [-0.25, -0.2) is 0 Å². The van der Waals surface area contributed by atoms with E-state index in [1.54, 1.807) is 0 Å². The van der Waals surface area contributed by atoms with Gasteiger partial charge in [0.05, 0.1) is 0 Å². The summed E-state index contributed by atoms with van der Waals surface area (Å²) in [6, 6.07) is 38.4. The normalized spacial score (nSPS) is 14.4. The monoisotopic (exact) mass is 626 g/mol. The molecule has 1 aliphatic carbocycles. The van der Waals surface area contributed by atoms with Gasteiger partial charge in [-0.3, -0.25) is 9.88 Å². The summed E-state index contributed by atoms with van der Waals surface area (Å²) in [6.07, 6.45) is 8.60. The van der Waals surface area contributed by atoms with Crippen LogP contribution >= 0.6 is 11.6 Å². The Morgan fingerprint density at radius 3 is 2.11 bits per heavy atom. The Labute approximate surface area is 281 Å². The molecule has 1 aliphatic rings. The number of fused-ring (bicyclic) bond motifs is 1. The zero-order chi connectivity index (χ0) is 31.9. The Hall–Kier alpha value is -3.72. The molecule has 1 heterocycles. The summed E-state index contributed by atoms with van der Waals surface area (Å²) < 4.78 is 0. The lowest BCUT2D eigenvalue weighted by atomic mass is 9.89. The minimum absolute atomic E-state index is 0.421. The van der Waals surface area contributed by atoms with Crippen LogP contribution in [0.1, 0.15) is 76.1 Å². The van der Waals surface area contributed by atoms with Crippen molar-refractivity contribution in [3.8, 4) is 11.1 Å². The number of pyridine rings is 1. The molecule has 1 aromatic heterocycles. The molecule has 1 atom stereocenters. The summed E-state index contributed by atoms with van der Waals surface area (Å²) in [7, 11) is 0. The van der Waals surface area contributed by atoms with Crippen LogP contribution in [0.2, 0.25) is 5.02 Å². The summed E-state index contributed by atoms with van der Waals surface area (Å²) in [5.41, 5.74) is 14.4. The third kappa shape index (κ3) is 7.97. The summed E-state index contributed by atoms with van der Waals surface area (Å²) in [4.78, 5) is 7.72. The molecule has 46 heavy (non-hydrogen) atoms. The number of aryl methyl sites for hydroxylation is 6. The molecule has 0 fully saturated rings. The van der Waals surface area contributed by atoms with Crippen molar-refractivity contribution in [2.24, 2.45) is 0 Å². The second kappa shape index (κ2) is 15.2. The topological polar surface area (TPSA) is 16.1 Å². The molecule has 0 spiro atoms. The van der Waals surface area contributed by atoms with Crippen LogP contribution in [0.3, 0.4) is 0 Å². The van der Waals surface area contributed by atoms with Crippen molar-refractivity contribution >= 4 is 11.6 Å². The fourth-order valence-corrected chi connectivity index (χ4v) is 7.29. The standard InChI is InChI=1S/C43H47ClN2/c1-4-33-15-17-34(18-16-33)26-28-46(43-11-7-10-42-40(43)25-14-32(3)45-42)29-27-36-9-6-5-8-35(36)21-22-38-23-24-39(30-41(38)44)37-19-12-31(2)13-20-37/h5-6,8-9,12-20,23-25,30,43H,4,7,10-11,21-22,26-29H2,1-3H3. The van der Waals surface area contributed by atoms with Crippen LogP contribution in [-0.4, -0.2) is 23.0 Å². The Morgan fingerprint density at radius 1 is 0.696 bits per heavy atom. The number of halogens is 1. The van der Waals surface area contributed by atoms with Gasteiger partial charge in [0.15, 0.2) is 0 Å². The highest BCUT2D eigenvalue weighted by Crippen LogP contribution is 2.34. The number of hydrogen-bond donors (Lipinski definition) is 0. The van der Waals surface area contributed by atoms with Crippen molar-refractivity contribution in [1.82, 2.24) is 9.88 Å².